The van der Waals surface area contributed by atoms with E-state index in [0.29, 0.717) is 17.3 Å². The molecule has 4 fully saturated rings. The Morgan fingerprint density at radius 3 is 2.73 bits per heavy atom. The normalized spacial score (nSPS) is 41.1. The van der Waals surface area contributed by atoms with Crippen molar-refractivity contribution in [3.8, 4) is 0 Å². The van der Waals surface area contributed by atoms with Crippen molar-refractivity contribution >= 4 is 5.97 Å². The van der Waals surface area contributed by atoms with Crippen LogP contribution in [0.1, 0.15) is 57.4 Å². The first kappa shape index (κ1) is 20.3. The number of ether oxygens (including phenoxy) is 1. The smallest absolute Gasteiger partial charge is 0.315 e. The molecule has 0 aromatic heterocycles. The second-order valence-electron chi connectivity index (χ2n) is 11.0. The number of carbonyl (C=O) groups is 1. The predicted octanol–water partition coefficient (Wildman–Crippen LogP) is 3.84. The Bertz CT molecular complexity index is 781. The van der Waals surface area contributed by atoms with Gasteiger partial charge in [0.05, 0.1) is 19.6 Å². The molecule has 2 saturated carbocycles. The second kappa shape index (κ2) is 8.15. The highest BCUT2D eigenvalue weighted by Gasteiger charge is 2.56. The van der Waals surface area contributed by atoms with Gasteiger partial charge in [0.25, 0.3) is 0 Å². The molecule has 2 saturated heterocycles. The van der Waals surface area contributed by atoms with Crippen LogP contribution in [0.2, 0.25) is 0 Å². The maximum absolute atomic E-state index is 12.9. The first-order chi connectivity index (χ1) is 14.5. The molecule has 3 heteroatoms. The summed E-state index contributed by atoms with van der Waals surface area (Å²) in [6.45, 7) is 10.2. The van der Waals surface area contributed by atoms with Crippen LogP contribution in [-0.2, 0) is 16.0 Å². The number of fused-ring (bicyclic) bond motifs is 2. The minimum Gasteiger partial charge on any atom is -0.462 e. The Morgan fingerprint density at radius 1 is 1.20 bits per heavy atom. The van der Waals surface area contributed by atoms with Gasteiger partial charge in [0.15, 0.2) is 0 Å². The third-order valence-corrected chi connectivity index (χ3v) is 9.01. The van der Waals surface area contributed by atoms with E-state index in [2.05, 4.69) is 43.8 Å². The van der Waals surface area contributed by atoms with E-state index in [0.717, 1.165) is 25.3 Å². The predicted molar refractivity (Wildman–Crippen MR) is 119 cm³/mol. The summed E-state index contributed by atoms with van der Waals surface area (Å²) in [5.74, 6) is 2.00. The minimum atomic E-state index is 0.0942. The summed E-state index contributed by atoms with van der Waals surface area (Å²) in [7, 11) is 0. The first-order valence-corrected chi connectivity index (χ1v) is 12.3. The van der Waals surface area contributed by atoms with E-state index in [4.69, 9.17) is 4.74 Å². The van der Waals surface area contributed by atoms with Gasteiger partial charge in [0.2, 0.25) is 0 Å². The zero-order chi connectivity index (χ0) is 20.7. The molecule has 4 aliphatic rings. The molecule has 30 heavy (non-hydrogen) atoms. The van der Waals surface area contributed by atoms with Crippen LogP contribution in [0.3, 0.4) is 0 Å². The van der Waals surface area contributed by atoms with E-state index in [9.17, 15) is 4.79 Å². The van der Waals surface area contributed by atoms with E-state index in [1.165, 1.54) is 62.8 Å². The number of esters is 1. The largest absolute Gasteiger partial charge is 0.462 e. The number of quaternary nitrogens is 1. The van der Waals surface area contributed by atoms with Crippen LogP contribution in [0.4, 0.5) is 0 Å². The Labute approximate surface area is 181 Å². The number of benzene rings is 1. The molecular formula is C27H38NO2+. The highest BCUT2D eigenvalue weighted by molar-refractivity contribution is 5.75. The Kier molecular flexibility index (Phi) is 5.51. The molecule has 0 bridgehead atoms. The van der Waals surface area contributed by atoms with Gasteiger partial charge < -0.3 is 9.64 Å². The van der Waals surface area contributed by atoms with Crippen molar-refractivity contribution in [3.05, 3.63) is 48.0 Å². The number of nitrogens with one attached hydrogen (secondary N) is 1. The lowest BCUT2D eigenvalue weighted by Gasteiger charge is -2.50. The summed E-state index contributed by atoms with van der Waals surface area (Å²) in [6.07, 6.45) is 9.78. The van der Waals surface area contributed by atoms with Crippen LogP contribution >= 0.6 is 0 Å². The summed E-state index contributed by atoms with van der Waals surface area (Å²) < 4.78 is 5.99. The van der Waals surface area contributed by atoms with Crippen molar-refractivity contribution in [2.45, 2.75) is 64.4 Å². The number of rotatable bonds is 4. The third kappa shape index (κ3) is 3.86. The van der Waals surface area contributed by atoms with Gasteiger partial charge in [-0.05, 0) is 74.2 Å². The SMILES string of the molecule is C=C1CCC[C@]2(C)C[C@H]3OC(=O)[C@H](C[NH+]4CCC(Cc5ccccc5)CC4)[C@H]3C[C@@H]12. The Morgan fingerprint density at radius 2 is 1.97 bits per heavy atom. The average molecular weight is 409 g/mol. The first-order valence-electron chi connectivity index (χ1n) is 12.3. The number of hydrogen-bond acceptors (Lipinski definition) is 2. The van der Waals surface area contributed by atoms with Crippen LogP contribution in [-0.4, -0.2) is 31.7 Å². The molecule has 2 aliphatic heterocycles. The zero-order valence-electron chi connectivity index (χ0n) is 18.6. The quantitative estimate of drug-likeness (QED) is 0.606. The fraction of sp³-hybridized carbons (Fsp3) is 0.667. The molecule has 0 radical (unpaired) electrons. The van der Waals surface area contributed by atoms with Crippen molar-refractivity contribution in [2.24, 2.45) is 29.1 Å². The Hall–Kier alpha value is -1.61. The van der Waals surface area contributed by atoms with Crippen molar-refractivity contribution in [1.29, 1.82) is 0 Å². The van der Waals surface area contributed by atoms with Crippen molar-refractivity contribution in [3.63, 3.8) is 0 Å². The Balaban J connectivity index is 1.19. The lowest BCUT2D eigenvalue weighted by molar-refractivity contribution is -0.908. The molecule has 162 valence electrons. The number of allylic oxidation sites excluding steroid dienone is 1. The van der Waals surface area contributed by atoms with Crippen molar-refractivity contribution in [1.82, 2.24) is 0 Å². The van der Waals surface area contributed by atoms with Crippen LogP contribution in [0.15, 0.2) is 42.5 Å². The van der Waals surface area contributed by atoms with E-state index in [1.54, 1.807) is 4.90 Å². The molecule has 1 aromatic rings. The van der Waals surface area contributed by atoms with Crippen molar-refractivity contribution in [2.75, 3.05) is 19.6 Å². The fourth-order valence-corrected chi connectivity index (χ4v) is 7.24. The molecule has 5 rings (SSSR count). The summed E-state index contributed by atoms with van der Waals surface area (Å²) in [6, 6.07) is 10.9. The highest BCUT2D eigenvalue weighted by Crippen LogP contribution is 2.56. The summed E-state index contributed by atoms with van der Waals surface area (Å²) >= 11 is 0. The molecule has 2 aliphatic carbocycles. The second-order valence-corrected chi connectivity index (χ2v) is 11.0. The standard InChI is InChI=1S/C27H37NO2/c1-19-7-6-12-27(2)17-25-22(16-24(19)27)23(26(29)30-25)18-28-13-10-21(11-14-28)15-20-8-4-3-5-9-20/h3-5,8-9,21-25H,1,6-7,10-18H2,2H3/p+1/t22-,23-,24+,25-,27-/m1/s1. The molecule has 0 spiro atoms. The van der Waals surface area contributed by atoms with Crippen LogP contribution in [0.25, 0.3) is 0 Å². The lowest BCUT2D eigenvalue weighted by atomic mass is 9.55. The van der Waals surface area contributed by atoms with Crippen molar-refractivity contribution < 1.29 is 14.4 Å². The molecule has 5 atom stereocenters. The van der Waals surface area contributed by atoms with E-state index < -0.39 is 0 Å². The van der Waals surface area contributed by atoms with Gasteiger partial charge in [-0.3, -0.25) is 4.79 Å². The van der Waals surface area contributed by atoms with Crippen LogP contribution in [0, 0.1) is 29.1 Å². The summed E-state index contributed by atoms with van der Waals surface area (Å²) in [4.78, 5) is 14.5. The van der Waals surface area contributed by atoms with Gasteiger partial charge in [-0.2, -0.15) is 0 Å². The molecule has 0 unspecified atom stereocenters. The maximum atomic E-state index is 12.9. The van der Waals surface area contributed by atoms with Crippen LogP contribution < -0.4 is 4.90 Å². The van der Waals surface area contributed by atoms with Gasteiger partial charge in [-0.25, -0.2) is 0 Å². The number of carbonyl (C=O) groups excluding carboxylic acids is 1. The van der Waals surface area contributed by atoms with E-state index in [-0.39, 0.29) is 18.0 Å². The molecule has 2 heterocycles. The van der Waals surface area contributed by atoms with Gasteiger partial charge in [-0.1, -0.05) is 49.4 Å². The average Bonchev–Trinajstić information content (AvgIpc) is 3.02. The zero-order valence-corrected chi connectivity index (χ0v) is 18.6. The highest BCUT2D eigenvalue weighted by atomic mass is 16.6. The minimum absolute atomic E-state index is 0.0942. The molecule has 1 aromatic carbocycles. The summed E-state index contributed by atoms with van der Waals surface area (Å²) in [5.41, 5.74) is 3.20. The van der Waals surface area contributed by atoms with Crippen LogP contribution in [0.5, 0.6) is 0 Å². The van der Waals surface area contributed by atoms with Gasteiger partial charge >= 0.3 is 5.97 Å². The molecule has 0 amide bonds. The maximum Gasteiger partial charge on any atom is 0.315 e. The number of likely N-dealkylation sites (tertiary alicyclic amines) is 1. The third-order valence-electron chi connectivity index (χ3n) is 9.01. The van der Waals surface area contributed by atoms with E-state index >= 15 is 0 Å². The van der Waals surface area contributed by atoms with Gasteiger partial charge in [0, 0.05) is 5.92 Å². The molecule has 1 N–H and O–H groups in total. The molecule has 3 nitrogen and oxygen atoms in total. The topological polar surface area (TPSA) is 30.7 Å². The van der Waals surface area contributed by atoms with Gasteiger partial charge in [-0.15, -0.1) is 0 Å². The lowest BCUT2D eigenvalue weighted by Crippen LogP contribution is -3.14. The monoisotopic (exact) mass is 408 g/mol. The molecular weight excluding hydrogens is 370 g/mol. The van der Waals surface area contributed by atoms with Gasteiger partial charge in [0.1, 0.15) is 12.0 Å². The fourth-order valence-electron chi connectivity index (χ4n) is 7.24. The summed E-state index contributed by atoms with van der Waals surface area (Å²) in [5, 5.41) is 0. The number of piperidine rings is 1. The number of hydrogen-bond donors (Lipinski definition) is 1. The van der Waals surface area contributed by atoms with E-state index in [1.807, 2.05) is 0 Å².